The summed E-state index contributed by atoms with van der Waals surface area (Å²) in [5.74, 6) is -0.262. The van der Waals surface area contributed by atoms with Gasteiger partial charge in [-0.1, -0.05) is 26.0 Å². The van der Waals surface area contributed by atoms with E-state index >= 15 is 0 Å². The molecule has 0 saturated heterocycles. The largest absolute Gasteiger partial charge is 3.00 e. The fourth-order valence-electron chi connectivity index (χ4n) is 1.65. The number of aromatic amines is 2. The second-order valence-corrected chi connectivity index (χ2v) is 5.71. The van der Waals surface area contributed by atoms with Crippen molar-refractivity contribution in [1.82, 2.24) is 0 Å². The van der Waals surface area contributed by atoms with E-state index in [-0.39, 0.29) is 49.3 Å². The molecular weight excluding hydrogens is 715 g/mol. The predicted octanol–water partition coefficient (Wildman–Crippen LogP) is -1.70. The number of aliphatic hydroxyl groups excluding tert-OH is 1. The number of allylic oxidation sites excluding steroid dienone is 2. The minimum atomic E-state index is -1.75. The molecule has 2 amide bonds. The summed E-state index contributed by atoms with van der Waals surface area (Å²) < 4.78 is 0. The normalized spacial score (nSPS) is 8.88. The van der Waals surface area contributed by atoms with Gasteiger partial charge in [0.2, 0.25) is 0 Å². The average molecular weight is 739 g/mol. The second-order valence-electron chi connectivity index (χ2n) is 5.71. The number of H-pyrrole nitrogens is 2. The molecule has 0 radical (unpaired) electrons. The predicted molar refractivity (Wildman–Crippen MR) is 130 cm³/mol. The summed E-state index contributed by atoms with van der Waals surface area (Å²) in [4.78, 5) is 52.4. The Morgan fingerprint density at radius 3 is 1.10 bits per heavy atom. The van der Waals surface area contributed by atoms with E-state index in [1.165, 1.54) is 13.8 Å². The van der Waals surface area contributed by atoms with Crippen LogP contribution in [0.5, 0.6) is 0 Å². The molecule has 0 unspecified atom stereocenters. The molecule has 0 saturated carbocycles. The zero-order valence-electron chi connectivity index (χ0n) is 21.2. The maximum Gasteiger partial charge on any atom is 3.00 e. The number of nitrogens with one attached hydrogen (secondary N) is 4. The van der Waals surface area contributed by atoms with Crippen molar-refractivity contribution < 1.29 is 87.9 Å². The maximum absolute atomic E-state index is 11.0. The van der Waals surface area contributed by atoms with Crippen LogP contribution in [-0.4, -0.2) is 39.3 Å². The average Bonchev–Trinajstić information content (AvgIpc) is 2.80. The van der Waals surface area contributed by atoms with Gasteiger partial charge in [-0.05, 0) is 12.1 Å². The van der Waals surface area contributed by atoms with Gasteiger partial charge in [0, 0.05) is 31.4 Å². The van der Waals surface area contributed by atoms with Crippen LogP contribution in [0.4, 0.5) is 11.6 Å². The van der Waals surface area contributed by atoms with Crippen molar-refractivity contribution in [3.05, 3.63) is 118 Å². The molecular formula is C19H24HoN7O14. The molecule has 2 rings (SSSR count). The van der Waals surface area contributed by atoms with Crippen molar-refractivity contribution in [2.45, 2.75) is 13.8 Å². The van der Waals surface area contributed by atoms with Crippen LogP contribution in [0.15, 0.2) is 72.5 Å². The maximum atomic E-state index is 11.0. The van der Waals surface area contributed by atoms with Crippen LogP contribution in [-0.2, 0) is 9.59 Å². The fraction of sp³-hybridized carbons (Fsp3) is 0.158. The fourth-order valence-corrected chi connectivity index (χ4v) is 1.65. The van der Waals surface area contributed by atoms with Gasteiger partial charge in [-0.2, -0.15) is 0 Å². The molecule has 0 spiro atoms. The smallest absolute Gasteiger partial charge is 0.875 e. The van der Waals surface area contributed by atoms with E-state index in [4.69, 9.17) is 51.1 Å². The van der Waals surface area contributed by atoms with Crippen LogP contribution in [0.25, 0.3) is 0 Å². The number of rotatable bonds is 4. The first-order chi connectivity index (χ1) is 18.6. The van der Waals surface area contributed by atoms with Gasteiger partial charge in [0.05, 0.1) is 27.7 Å². The molecule has 41 heavy (non-hydrogen) atoms. The van der Waals surface area contributed by atoms with E-state index in [1.807, 2.05) is 0 Å². The number of aliphatic hydroxyl groups is 1. The molecule has 0 aromatic carbocycles. The monoisotopic (exact) mass is 739 g/mol. The Morgan fingerprint density at radius 1 is 0.683 bits per heavy atom. The van der Waals surface area contributed by atoms with E-state index < -0.39 is 27.1 Å². The number of nitrogens with zero attached hydrogens (tertiary/aromatic N) is 3. The van der Waals surface area contributed by atoms with Crippen molar-refractivity contribution in [3.8, 4) is 0 Å². The van der Waals surface area contributed by atoms with E-state index in [0.717, 1.165) is 19.3 Å². The van der Waals surface area contributed by atoms with Crippen LogP contribution in [0.1, 0.15) is 13.8 Å². The minimum absolute atomic E-state index is 0. The van der Waals surface area contributed by atoms with Gasteiger partial charge in [-0.3, -0.25) is 0 Å². The first-order valence-corrected chi connectivity index (χ1v) is 9.72. The minimum Gasteiger partial charge on any atom is -0.875 e. The Balaban J connectivity index is -0.000000144. The molecule has 0 aliphatic rings. The molecule has 22 heteroatoms. The third-order valence-electron chi connectivity index (χ3n) is 2.60. The van der Waals surface area contributed by atoms with Gasteiger partial charge in [0.25, 0.3) is 11.6 Å². The number of carbonyl (C=O) groups excluding carboxylic acids is 2. The van der Waals surface area contributed by atoms with Crippen LogP contribution in [0, 0.1) is 83.7 Å². The summed E-state index contributed by atoms with van der Waals surface area (Å²) in [5, 5.41) is 77.3. The quantitative estimate of drug-likeness (QED) is 0.103. The Hall–Kier alpha value is -4.86. The molecule has 21 nitrogen and oxygen atoms in total. The zero-order chi connectivity index (χ0) is 32.1. The van der Waals surface area contributed by atoms with Gasteiger partial charge < -0.3 is 61.3 Å². The molecule has 0 aliphatic heterocycles. The van der Waals surface area contributed by atoms with Gasteiger partial charge in [0.1, 0.15) is 0 Å². The zero-order valence-corrected chi connectivity index (χ0v) is 23.1. The number of anilines is 2. The molecule has 2 aromatic rings. The molecule has 0 bridgehead atoms. The van der Waals surface area contributed by atoms with Crippen molar-refractivity contribution >= 4 is 23.5 Å². The summed E-state index contributed by atoms with van der Waals surface area (Å²) >= 11 is 0. The summed E-state index contributed by atoms with van der Waals surface area (Å²) in [6, 6.07) is 10.5. The third kappa shape index (κ3) is 52.4. The Labute approximate surface area is 260 Å². The molecule has 2 aromatic heterocycles. The summed E-state index contributed by atoms with van der Waals surface area (Å²) in [7, 11) is 1.00. The SMILES string of the molecule is C/C([O-])=C/C(=O)Nc1cccc[nH+]1.C/C([O-])=C/C(=O)Nc1cccc[nH+]1.CO.O=[N+]([O-])[O-].O=[N+]([O-])[O-].O=[N+]([O-])[O-].[Ho+3]. The number of hydrogen-bond donors (Lipinski definition) is 3. The summed E-state index contributed by atoms with van der Waals surface area (Å²) in [6.45, 7) is 2.66. The molecule has 0 aliphatic carbocycles. The first kappa shape index (κ1) is 46.0. The van der Waals surface area contributed by atoms with Crippen LogP contribution in [0.3, 0.4) is 0 Å². The topological polar surface area (TPSA) is 351 Å². The Bertz CT molecular complexity index is 958. The van der Waals surface area contributed by atoms with Crippen LogP contribution >= 0.6 is 0 Å². The van der Waals surface area contributed by atoms with Crippen molar-refractivity contribution in [2.75, 3.05) is 17.7 Å². The van der Waals surface area contributed by atoms with Gasteiger partial charge in [-0.25, -0.2) is 30.2 Å². The third-order valence-corrected chi connectivity index (χ3v) is 2.60. The molecule has 2 heterocycles. The summed E-state index contributed by atoms with van der Waals surface area (Å²) in [6.07, 6.45) is 5.37. The van der Waals surface area contributed by atoms with Gasteiger partial charge in [0.15, 0.2) is 0 Å². The van der Waals surface area contributed by atoms with Crippen molar-refractivity contribution in [1.29, 1.82) is 0 Å². The van der Waals surface area contributed by atoms with Gasteiger partial charge >= 0.3 is 49.6 Å². The number of amides is 2. The van der Waals surface area contributed by atoms with Crippen molar-refractivity contribution in [2.24, 2.45) is 0 Å². The second kappa shape index (κ2) is 31.4. The van der Waals surface area contributed by atoms with Crippen molar-refractivity contribution in [3.63, 3.8) is 0 Å². The number of hydrogen-bond acceptors (Lipinski definition) is 14. The standard InChI is InChI=1S/2C9H10N2O2.CH4O.Ho.3NO3/c2*1-7(12)6-9(13)11-8-4-2-3-5-10-8;1-2;;3*2-1(3)4/h2*2-6,12H,1H3,(H,10,11,13);2H,1H3;;;;/q;;;+3;3*-1/b2*7-6-;;;;;. The van der Waals surface area contributed by atoms with E-state index in [1.54, 1.807) is 48.8 Å². The molecule has 230 valence electrons. The number of aromatic nitrogens is 2. The van der Waals surface area contributed by atoms with E-state index in [0.29, 0.717) is 11.6 Å². The molecule has 5 N–H and O–H groups in total. The first-order valence-electron chi connectivity index (χ1n) is 9.72. The summed E-state index contributed by atoms with van der Waals surface area (Å²) in [5.41, 5.74) is 0. The Morgan fingerprint density at radius 2 is 0.927 bits per heavy atom. The van der Waals surface area contributed by atoms with Crippen LogP contribution < -0.4 is 30.8 Å². The van der Waals surface area contributed by atoms with E-state index in [9.17, 15) is 19.8 Å². The molecule has 0 atom stereocenters. The van der Waals surface area contributed by atoms with Crippen LogP contribution in [0.2, 0.25) is 0 Å². The number of carbonyl (C=O) groups is 2. The molecule has 0 fully saturated rings. The number of pyridine rings is 2. The van der Waals surface area contributed by atoms with E-state index in [2.05, 4.69) is 20.6 Å². The van der Waals surface area contributed by atoms with Gasteiger partial charge in [-0.15, -0.1) is 11.5 Å². The Kier molecular flexibility index (Phi) is 35.2.